The van der Waals surface area contributed by atoms with E-state index in [1.165, 1.54) is 0 Å². The summed E-state index contributed by atoms with van der Waals surface area (Å²) >= 11 is 0. The number of nitrogens with zero attached hydrogens (tertiary/aromatic N) is 1. The van der Waals surface area contributed by atoms with Gasteiger partial charge in [-0.3, -0.25) is 9.69 Å². The molecule has 0 radical (unpaired) electrons. The minimum absolute atomic E-state index is 0.109. The smallest absolute Gasteiger partial charge is 0.237 e. The average Bonchev–Trinajstić information content (AvgIpc) is 2.65. The minimum atomic E-state index is 0.109. The molecular formula is C10H21N3O. The van der Waals surface area contributed by atoms with Gasteiger partial charge in [0.2, 0.25) is 5.91 Å². The second-order valence-electron chi connectivity index (χ2n) is 3.80. The van der Waals surface area contributed by atoms with Crippen LogP contribution in [0.2, 0.25) is 0 Å². The van der Waals surface area contributed by atoms with E-state index in [-0.39, 0.29) is 11.9 Å². The molecular weight excluding hydrogens is 178 g/mol. The Labute approximate surface area is 85.8 Å². The molecule has 0 aliphatic carbocycles. The summed E-state index contributed by atoms with van der Waals surface area (Å²) in [5.41, 5.74) is 5.44. The van der Waals surface area contributed by atoms with E-state index in [0.717, 1.165) is 45.3 Å². The summed E-state index contributed by atoms with van der Waals surface area (Å²) in [6, 6.07) is 0.109. The molecule has 1 atom stereocenters. The Kier molecular flexibility index (Phi) is 4.90. The number of hydrogen-bond donors (Lipinski definition) is 2. The van der Waals surface area contributed by atoms with Crippen LogP contribution in [0, 0.1) is 0 Å². The Bertz CT molecular complexity index is 184. The lowest BCUT2D eigenvalue weighted by Gasteiger charge is -2.22. The minimum Gasteiger partial charge on any atom is -0.358 e. The highest BCUT2D eigenvalue weighted by atomic mass is 16.2. The number of rotatable bonds is 5. The first kappa shape index (κ1) is 11.5. The first-order valence-electron chi connectivity index (χ1n) is 5.45. The Balaban J connectivity index is 2.31. The maximum Gasteiger partial charge on any atom is 0.237 e. The highest BCUT2D eigenvalue weighted by Crippen LogP contribution is 2.17. The van der Waals surface area contributed by atoms with E-state index in [2.05, 4.69) is 10.2 Å². The van der Waals surface area contributed by atoms with Gasteiger partial charge in [0.25, 0.3) is 0 Å². The number of hydrogen-bond acceptors (Lipinski definition) is 3. The van der Waals surface area contributed by atoms with Gasteiger partial charge in [0.15, 0.2) is 0 Å². The first-order chi connectivity index (χ1) is 6.79. The lowest BCUT2D eigenvalue weighted by molar-refractivity contribution is -0.124. The van der Waals surface area contributed by atoms with E-state index < -0.39 is 0 Å². The standard InChI is InChI=1S/C10H21N3O/c1-12-10(14)9-5-4-8-13(9)7-3-2-6-11/h9H,2-8,11H2,1H3,(H,12,14). The van der Waals surface area contributed by atoms with Gasteiger partial charge >= 0.3 is 0 Å². The Hall–Kier alpha value is -0.610. The number of nitrogens with two attached hydrogens (primary N) is 1. The molecule has 0 aromatic carbocycles. The Morgan fingerprint density at radius 2 is 2.36 bits per heavy atom. The zero-order valence-electron chi connectivity index (χ0n) is 8.96. The van der Waals surface area contributed by atoms with Crippen molar-refractivity contribution in [3.05, 3.63) is 0 Å². The van der Waals surface area contributed by atoms with Gasteiger partial charge in [0.1, 0.15) is 0 Å². The number of carbonyl (C=O) groups excluding carboxylic acids is 1. The molecule has 1 aliphatic heterocycles. The Morgan fingerprint density at radius 3 is 3.00 bits per heavy atom. The van der Waals surface area contributed by atoms with Gasteiger partial charge in [0.05, 0.1) is 6.04 Å². The molecule has 1 amide bonds. The van der Waals surface area contributed by atoms with Crippen LogP contribution in [0.1, 0.15) is 25.7 Å². The number of likely N-dealkylation sites (N-methyl/N-ethyl adjacent to an activating group) is 1. The maximum atomic E-state index is 11.5. The van der Waals surface area contributed by atoms with Gasteiger partial charge < -0.3 is 11.1 Å². The molecule has 1 rings (SSSR count). The molecule has 1 aliphatic rings. The van der Waals surface area contributed by atoms with E-state index in [9.17, 15) is 4.79 Å². The van der Waals surface area contributed by atoms with E-state index in [1.54, 1.807) is 7.05 Å². The summed E-state index contributed by atoms with van der Waals surface area (Å²) < 4.78 is 0. The number of unbranched alkanes of at least 4 members (excludes halogenated alkanes) is 1. The molecule has 4 nitrogen and oxygen atoms in total. The fraction of sp³-hybridized carbons (Fsp3) is 0.900. The van der Waals surface area contributed by atoms with Crippen LogP contribution in [0.15, 0.2) is 0 Å². The molecule has 1 saturated heterocycles. The molecule has 1 unspecified atom stereocenters. The van der Waals surface area contributed by atoms with Gasteiger partial charge in [-0.15, -0.1) is 0 Å². The van der Waals surface area contributed by atoms with Crippen molar-refractivity contribution in [2.75, 3.05) is 26.7 Å². The molecule has 3 N–H and O–H groups in total. The summed E-state index contributed by atoms with van der Waals surface area (Å²) in [7, 11) is 1.71. The van der Waals surface area contributed by atoms with Crippen LogP contribution in [0.3, 0.4) is 0 Å². The average molecular weight is 199 g/mol. The molecule has 0 aromatic heterocycles. The summed E-state index contributed by atoms with van der Waals surface area (Å²) in [5.74, 6) is 0.162. The van der Waals surface area contributed by atoms with Gasteiger partial charge in [-0.1, -0.05) is 0 Å². The van der Waals surface area contributed by atoms with Crippen molar-refractivity contribution in [1.82, 2.24) is 10.2 Å². The Morgan fingerprint density at radius 1 is 1.57 bits per heavy atom. The molecule has 1 fully saturated rings. The zero-order chi connectivity index (χ0) is 10.4. The SMILES string of the molecule is CNC(=O)C1CCCN1CCCCN. The van der Waals surface area contributed by atoms with Crippen molar-refractivity contribution < 1.29 is 4.79 Å². The van der Waals surface area contributed by atoms with Gasteiger partial charge in [-0.25, -0.2) is 0 Å². The third-order valence-electron chi connectivity index (χ3n) is 2.81. The third kappa shape index (κ3) is 2.96. The lowest BCUT2D eigenvalue weighted by atomic mass is 10.2. The highest BCUT2D eigenvalue weighted by molar-refractivity contribution is 5.81. The molecule has 0 aromatic rings. The summed E-state index contributed by atoms with van der Waals surface area (Å²) in [4.78, 5) is 13.8. The predicted molar refractivity (Wildman–Crippen MR) is 57.0 cm³/mol. The van der Waals surface area contributed by atoms with Gasteiger partial charge in [-0.2, -0.15) is 0 Å². The fourth-order valence-electron chi connectivity index (χ4n) is 2.02. The first-order valence-corrected chi connectivity index (χ1v) is 5.45. The van der Waals surface area contributed by atoms with Gasteiger partial charge in [0, 0.05) is 7.05 Å². The summed E-state index contributed by atoms with van der Waals surface area (Å²) in [5, 5.41) is 2.72. The maximum absolute atomic E-state index is 11.5. The van der Waals surface area contributed by atoms with Crippen molar-refractivity contribution in [2.45, 2.75) is 31.7 Å². The third-order valence-corrected chi connectivity index (χ3v) is 2.81. The lowest BCUT2D eigenvalue weighted by Crippen LogP contribution is -2.42. The molecule has 82 valence electrons. The van der Waals surface area contributed by atoms with Crippen molar-refractivity contribution >= 4 is 5.91 Å². The largest absolute Gasteiger partial charge is 0.358 e. The second-order valence-corrected chi connectivity index (χ2v) is 3.80. The molecule has 0 spiro atoms. The quantitative estimate of drug-likeness (QED) is 0.610. The normalized spacial score (nSPS) is 22.6. The predicted octanol–water partition coefficient (Wildman–Crippen LogP) is -0.0643. The van der Waals surface area contributed by atoms with E-state index in [4.69, 9.17) is 5.73 Å². The van der Waals surface area contributed by atoms with Crippen molar-refractivity contribution in [3.63, 3.8) is 0 Å². The van der Waals surface area contributed by atoms with Crippen LogP contribution in [-0.4, -0.2) is 43.5 Å². The van der Waals surface area contributed by atoms with Crippen LogP contribution >= 0.6 is 0 Å². The van der Waals surface area contributed by atoms with Crippen LogP contribution in [0.5, 0.6) is 0 Å². The van der Waals surface area contributed by atoms with Gasteiger partial charge in [-0.05, 0) is 45.3 Å². The number of nitrogens with one attached hydrogen (secondary N) is 1. The van der Waals surface area contributed by atoms with Crippen LogP contribution in [0.25, 0.3) is 0 Å². The van der Waals surface area contributed by atoms with E-state index in [0.29, 0.717) is 0 Å². The number of amides is 1. The number of carbonyl (C=O) groups is 1. The monoisotopic (exact) mass is 199 g/mol. The van der Waals surface area contributed by atoms with Crippen LogP contribution in [0.4, 0.5) is 0 Å². The van der Waals surface area contributed by atoms with Crippen LogP contribution in [-0.2, 0) is 4.79 Å². The van der Waals surface area contributed by atoms with Crippen LogP contribution < -0.4 is 11.1 Å². The molecule has 14 heavy (non-hydrogen) atoms. The second kappa shape index (κ2) is 5.98. The molecule has 4 heteroatoms. The molecule has 0 saturated carbocycles. The topological polar surface area (TPSA) is 58.4 Å². The molecule has 0 bridgehead atoms. The molecule has 1 heterocycles. The van der Waals surface area contributed by atoms with Crippen molar-refractivity contribution in [2.24, 2.45) is 5.73 Å². The number of likely N-dealkylation sites (tertiary alicyclic amines) is 1. The van der Waals surface area contributed by atoms with Crippen molar-refractivity contribution in [1.29, 1.82) is 0 Å². The zero-order valence-corrected chi connectivity index (χ0v) is 8.96. The van der Waals surface area contributed by atoms with E-state index >= 15 is 0 Å². The van der Waals surface area contributed by atoms with Crippen molar-refractivity contribution in [3.8, 4) is 0 Å². The summed E-state index contributed by atoms with van der Waals surface area (Å²) in [6.07, 6.45) is 4.30. The fourth-order valence-corrected chi connectivity index (χ4v) is 2.02. The highest BCUT2D eigenvalue weighted by Gasteiger charge is 2.28. The summed E-state index contributed by atoms with van der Waals surface area (Å²) in [6.45, 7) is 2.82. The van der Waals surface area contributed by atoms with E-state index in [1.807, 2.05) is 0 Å².